The van der Waals surface area contributed by atoms with Crippen LogP contribution in [-0.4, -0.2) is 38.4 Å². The van der Waals surface area contributed by atoms with Crippen molar-refractivity contribution in [1.29, 1.82) is 0 Å². The van der Waals surface area contributed by atoms with Crippen LogP contribution in [0.4, 0.5) is 0 Å². The SMILES string of the molecule is CCNC(=NCc1cc(OC)c(O)c(OC)c1)NCC(CC)CC.I. The lowest BCUT2D eigenvalue weighted by molar-refractivity contribution is 0.339. The molecule has 25 heavy (non-hydrogen) atoms. The van der Waals surface area contributed by atoms with Gasteiger partial charge in [-0.1, -0.05) is 26.7 Å². The molecule has 0 radical (unpaired) electrons. The van der Waals surface area contributed by atoms with Crippen molar-refractivity contribution in [3.63, 3.8) is 0 Å². The maximum absolute atomic E-state index is 9.96. The Balaban J connectivity index is 0.00000576. The number of nitrogens with zero attached hydrogens (tertiary/aromatic N) is 1. The first-order valence-corrected chi connectivity index (χ1v) is 8.55. The zero-order chi connectivity index (χ0) is 17.9. The number of methoxy groups -OCH3 is 2. The molecule has 0 spiro atoms. The van der Waals surface area contributed by atoms with Gasteiger partial charge in [0.2, 0.25) is 5.75 Å². The summed E-state index contributed by atoms with van der Waals surface area (Å²) < 4.78 is 10.4. The molecule has 1 rings (SSSR count). The highest BCUT2D eigenvalue weighted by Gasteiger charge is 2.11. The van der Waals surface area contributed by atoms with E-state index in [4.69, 9.17) is 9.47 Å². The number of aliphatic imine (C=N–C) groups is 1. The average Bonchev–Trinajstić information content (AvgIpc) is 2.61. The molecule has 144 valence electrons. The molecule has 0 aromatic heterocycles. The smallest absolute Gasteiger partial charge is 0.200 e. The maximum atomic E-state index is 9.96. The molecule has 0 amide bonds. The third-order valence-electron chi connectivity index (χ3n) is 4.02. The summed E-state index contributed by atoms with van der Waals surface area (Å²) in [6, 6.07) is 3.54. The minimum Gasteiger partial charge on any atom is -0.502 e. The van der Waals surface area contributed by atoms with E-state index < -0.39 is 0 Å². The summed E-state index contributed by atoms with van der Waals surface area (Å²) in [7, 11) is 3.03. The van der Waals surface area contributed by atoms with E-state index in [1.165, 1.54) is 14.2 Å². The first-order chi connectivity index (χ1) is 11.6. The van der Waals surface area contributed by atoms with Crippen molar-refractivity contribution in [2.45, 2.75) is 40.2 Å². The molecule has 0 saturated heterocycles. The van der Waals surface area contributed by atoms with Gasteiger partial charge in [-0.25, -0.2) is 4.99 Å². The molecule has 0 bridgehead atoms. The molecule has 0 aliphatic rings. The molecule has 0 atom stereocenters. The number of aromatic hydroxyl groups is 1. The highest BCUT2D eigenvalue weighted by Crippen LogP contribution is 2.37. The maximum Gasteiger partial charge on any atom is 0.200 e. The number of halogens is 1. The van der Waals surface area contributed by atoms with Gasteiger partial charge in [0.25, 0.3) is 0 Å². The van der Waals surface area contributed by atoms with Gasteiger partial charge < -0.3 is 25.2 Å². The molecule has 3 N–H and O–H groups in total. The Hall–Kier alpha value is -1.38. The van der Waals surface area contributed by atoms with E-state index in [0.29, 0.717) is 24.0 Å². The van der Waals surface area contributed by atoms with Crippen molar-refractivity contribution in [2.75, 3.05) is 27.3 Å². The minimum atomic E-state index is 0. The lowest BCUT2D eigenvalue weighted by Gasteiger charge is -2.16. The summed E-state index contributed by atoms with van der Waals surface area (Å²) >= 11 is 0. The van der Waals surface area contributed by atoms with Gasteiger partial charge in [-0.15, -0.1) is 24.0 Å². The van der Waals surface area contributed by atoms with Gasteiger partial charge in [0.15, 0.2) is 17.5 Å². The van der Waals surface area contributed by atoms with E-state index in [-0.39, 0.29) is 29.7 Å². The Bertz CT molecular complexity index is 509. The fourth-order valence-electron chi connectivity index (χ4n) is 2.37. The number of nitrogens with one attached hydrogen (secondary N) is 2. The molecular formula is C18H32IN3O3. The van der Waals surface area contributed by atoms with Gasteiger partial charge in [0, 0.05) is 13.1 Å². The van der Waals surface area contributed by atoms with E-state index in [2.05, 4.69) is 29.5 Å². The van der Waals surface area contributed by atoms with Crippen molar-refractivity contribution in [3.05, 3.63) is 17.7 Å². The summed E-state index contributed by atoms with van der Waals surface area (Å²) in [6.45, 7) is 8.62. The first kappa shape index (κ1) is 23.6. The highest BCUT2D eigenvalue weighted by atomic mass is 127. The molecule has 0 aliphatic carbocycles. The van der Waals surface area contributed by atoms with E-state index in [1.807, 2.05) is 6.92 Å². The van der Waals surface area contributed by atoms with E-state index >= 15 is 0 Å². The molecule has 0 fully saturated rings. The number of hydrogen-bond donors (Lipinski definition) is 3. The van der Waals surface area contributed by atoms with Crippen LogP contribution in [0.15, 0.2) is 17.1 Å². The molecule has 7 heteroatoms. The molecule has 0 aliphatic heterocycles. The quantitative estimate of drug-likeness (QED) is 0.296. The fourth-order valence-corrected chi connectivity index (χ4v) is 2.37. The van der Waals surface area contributed by atoms with Crippen LogP contribution in [-0.2, 0) is 6.54 Å². The van der Waals surface area contributed by atoms with E-state index in [0.717, 1.165) is 37.5 Å². The number of guanidine groups is 1. The van der Waals surface area contributed by atoms with Gasteiger partial charge in [0.05, 0.1) is 20.8 Å². The Kier molecular flexibility index (Phi) is 12.2. The molecule has 0 unspecified atom stereocenters. The van der Waals surface area contributed by atoms with Crippen molar-refractivity contribution < 1.29 is 14.6 Å². The molecule has 1 aromatic rings. The molecule has 6 nitrogen and oxygen atoms in total. The van der Waals surface area contributed by atoms with Crippen molar-refractivity contribution in [2.24, 2.45) is 10.9 Å². The van der Waals surface area contributed by atoms with Crippen molar-refractivity contribution in [1.82, 2.24) is 10.6 Å². The normalized spacial score (nSPS) is 11.0. The number of rotatable bonds is 9. The molecule has 0 saturated carbocycles. The lowest BCUT2D eigenvalue weighted by atomic mass is 10.0. The lowest BCUT2D eigenvalue weighted by Crippen LogP contribution is -2.39. The Labute approximate surface area is 168 Å². The molecule has 1 aromatic carbocycles. The molecular weight excluding hydrogens is 433 g/mol. The van der Waals surface area contributed by atoms with Gasteiger partial charge in [-0.05, 0) is 30.5 Å². The van der Waals surface area contributed by atoms with E-state index in [1.54, 1.807) is 12.1 Å². The van der Waals surface area contributed by atoms with Gasteiger partial charge >= 0.3 is 0 Å². The predicted molar refractivity (Wildman–Crippen MR) is 114 cm³/mol. The standard InChI is InChI=1S/C18H31N3O3.HI/c1-6-13(7-2)11-20-18(19-8-3)21-12-14-9-15(23-4)17(22)16(10-14)24-5;/h9-10,13,22H,6-8,11-12H2,1-5H3,(H2,19,20,21);1H. The average molecular weight is 465 g/mol. The first-order valence-electron chi connectivity index (χ1n) is 8.55. The zero-order valence-corrected chi connectivity index (χ0v) is 18.2. The largest absolute Gasteiger partial charge is 0.502 e. The topological polar surface area (TPSA) is 75.1 Å². The van der Waals surface area contributed by atoms with Crippen molar-refractivity contribution in [3.8, 4) is 17.2 Å². The number of benzene rings is 1. The van der Waals surface area contributed by atoms with Crippen LogP contribution in [0.1, 0.15) is 39.2 Å². The van der Waals surface area contributed by atoms with Crippen LogP contribution in [0.2, 0.25) is 0 Å². The molecule has 0 heterocycles. The fraction of sp³-hybridized carbons (Fsp3) is 0.611. The number of ether oxygens (including phenoxy) is 2. The van der Waals surface area contributed by atoms with Crippen LogP contribution in [0.3, 0.4) is 0 Å². The van der Waals surface area contributed by atoms with Crippen LogP contribution in [0.25, 0.3) is 0 Å². The highest BCUT2D eigenvalue weighted by molar-refractivity contribution is 14.0. The predicted octanol–water partition coefficient (Wildman–Crippen LogP) is 3.52. The third-order valence-corrected chi connectivity index (χ3v) is 4.02. The van der Waals surface area contributed by atoms with Crippen LogP contribution in [0, 0.1) is 5.92 Å². The number of phenolic OH excluding ortho intramolecular Hbond substituents is 1. The number of phenols is 1. The summed E-state index contributed by atoms with van der Waals surface area (Å²) in [6.07, 6.45) is 2.30. The Morgan fingerprint density at radius 2 is 1.64 bits per heavy atom. The Morgan fingerprint density at radius 3 is 2.08 bits per heavy atom. The minimum absolute atomic E-state index is 0. The summed E-state index contributed by atoms with van der Waals surface area (Å²) in [4.78, 5) is 4.61. The third kappa shape index (κ3) is 7.58. The monoisotopic (exact) mass is 465 g/mol. The zero-order valence-electron chi connectivity index (χ0n) is 15.9. The summed E-state index contributed by atoms with van der Waals surface area (Å²) in [5, 5.41) is 16.6. The number of hydrogen-bond acceptors (Lipinski definition) is 4. The second kappa shape index (κ2) is 12.9. The van der Waals surface area contributed by atoms with Crippen LogP contribution < -0.4 is 20.1 Å². The van der Waals surface area contributed by atoms with Gasteiger partial charge in [-0.2, -0.15) is 0 Å². The van der Waals surface area contributed by atoms with Gasteiger partial charge in [-0.3, -0.25) is 0 Å². The van der Waals surface area contributed by atoms with Gasteiger partial charge in [0.1, 0.15) is 0 Å². The second-order valence-electron chi connectivity index (χ2n) is 5.61. The van der Waals surface area contributed by atoms with Crippen LogP contribution in [0.5, 0.6) is 17.2 Å². The van der Waals surface area contributed by atoms with Crippen molar-refractivity contribution >= 4 is 29.9 Å². The van der Waals surface area contributed by atoms with Crippen LogP contribution >= 0.6 is 24.0 Å². The van der Waals surface area contributed by atoms with E-state index in [9.17, 15) is 5.11 Å². The summed E-state index contributed by atoms with van der Waals surface area (Å²) in [5.74, 6) is 2.20. The second-order valence-corrected chi connectivity index (χ2v) is 5.61. The summed E-state index contributed by atoms with van der Waals surface area (Å²) in [5.41, 5.74) is 0.904. The Morgan fingerprint density at radius 1 is 1.08 bits per heavy atom.